The Kier molecular flexibility index (Phi) is 6.38. The van der Waals surface area contributed by atoms with Crippen molar-refractivity contribution in [3.63, 3.8) is 0 Å². The van der Waals surface area contributed by atoms with Gasteiger partial charge in [0.25, 0.3) is 0 Å². The highest BCUT2D eigenvalue weighted by Gasteiger charge is 2.29. The number of nitrogens with one attached hydrogen (secondary N) is 1. The van der Waals surface area contributed by atoms with Crippen molar-refractivity contribution >= 4 is 11.7 Å². The second kappa shape index (κ2) is 9.36. The largest absolute Gasteiger partial charge is 0.322 e. The molecule has 4 rings (SSSR count). The average molecular weight is 414 g/mol. The van der Waals surface area contributed by atoms with Gasteiger partial charge in [0.05, 0.1) is 6.04 Å². The number of hydrogen-bond acceptors (Lipinski definition) is 2. The van der Waals surface area contributed by atoms with E-state index in [0.717, 1.165) is 18.8 Å². The Morgan fingerprint density at radius 3 is 1.97 bits per heavy atom. The molecule has 1 N–H and O–H groups in total. The summed E-state index contributed by atoms with van der Waals surface area (Å²) in [6.07, 6.45) is 0. The second-order valence-electron chi connectivity index (χ2n) is 8.49. The third-order valence-electron chi connectivity index (χ3n) is 6.15. The Morgan fingerprint density at radius 2 is 1.35 bits per heavy atom. The van der Waals surface area contributed by atoms with Crippen LogP contribution in [0.3, 0.4) is 0 Å². The molecule has 2 amide bonds. The zero-order chi connectivity index (χ0) is 21.8. The topological polar surface area (TPSA) is 35.6 Å². The lowest BCUT2D eigenvalue weighted by atomic mass is 9.92. The van der Waals surface area contributed by atoms with Crippen molar-refractivity contribution in [3.8, 4) is 0 Å². The number of nitrogens with zero attached hydrogens (tertiary/aromatic N) is 2. The highest BCUT2D eigenvalue weighted by Crippen LogP contribution is 2.32. The molecular formula is C27H31N3O. The number of aryl methyl sites for hydroxylation is 3. The molecule has 0 unspecified atom stereocenters. The molecule has 31 heavy (non-hydrogen) atoms. The van der Waals surface area contributed by atoms with Crippen LogP contribution < -0.4 is 5.32 Å². The molecular weight excluding hydrogens is 382 g/mol. The molecule has 4 nitrogen and oxygen atoms in total. The number of rotatable bonds is 4. The Hall–Kier alpha value is -3.11. The minimum Gasteiger partial charge on any atom is -0.322 e. The number of hydrogen-bond donors (Lipinski definition) is 1. The van der Waals surface area contributed by atoms with Gasteiger partial charge >= 0.3 is 6.03 Å². The number of carbonyl (C=O) groups is 1. The molecule has 3 aromatic rings. The Bertz CT molecular complexity index is 1020. The summed E-state index contributed by atoms with van der Waals surface area (Å²) in [5, 5.41) is 3.03. The van der Waals surface area contributed by atoms with Gasteiger partial charge in [-0.15, -0.1) is 0 Å². The number of amides is 2. The van der Waals surface area contributed by atoms with Gasteiger partial charge in [-0.3, -0.25) is 4.90 Å². The highest BCUT2D eigenvalue weighted by molar-refractivity contribution is 5.89. The van der Waals surface area contributed by atoms with E-state index < -0.39 is 0 Å². The number of urea groups is 1. The fraction of sp³-hybridized carbons (Fsp3) is 0.296. The summed E-state index contributed by atoms with van der Waals surface area (Å²) >= 11 is 0. The van der Waals surface area contributed by atoms with Crippen LogP contribution in [0.5, 0.6) is 0 Å². The van der Waals surface area contributed by atoms with Crippen LogP contribution in [-0.2, 0) is 0 Å². The molecule has 1 atom stereocenters. The summed E-state index contributed by atoms with van der Waals surface area (Å²) in [5.74, 6) is 0. The van der Waals surface area contributed by atoms with Crippen molar-refractivity contribution in [2.45, 2.75) is 26.8 Å². The molecule has 1 aliphatic rings. The molecule has 160 valence electrons. The lowest BCUT2D eigenvalue weighted by Crippen LogP contribution is -2.51. The van der Waals surface area contributed by atoms with E-state index in [4.69, 9.17) is 0 Å². The van der Waals surface area contributed by atoms with E-state index in [2.05, 4.69) is 72.6 Å². The van der Waals surface area contributed by atoms with Crippen molar-refractivity contribution < 1.29 is 4.79 Å². The van der Waals surface area contributed by atoms with Crippen LogP contribution in [0.15, 0.2) is 72.8 Å². The quantitative estimate of drug-likeness (QED) is 0.609. The second-order valence-corrected chi connectivity index (χ2v) is 8.49. The van der Waals surface area contributed by atoms with Crippen molar-refractivity contribution in [1.29, 1.82) is 0 Å². The lowest BCUT2D eigenvalue weighted by molar-refractivity contribution is 0.126. The molecule has 3 aromatic carbocycles. The van der Waals surface area contributed by atoms with Crippen LogP contribution in [0.1, 0.15) is 33.9 Å². The standard InChI is InChI=1S/C27H31N3O/c1-20-8-12-23(13-9-20)26(25-7-5-4-6-22(25)3)29-16-18-30(19-17-29)27(31)28-24-14-10-21(2)11-15-24/h4-15,26H,16-19H2,1-3H3,(H,28,31)/t26-/m0/s1. The van der Waals surface area contributed by atoms with Gasteiger partial charge in [-0.05, 0) is 49.6 Å². The van der Waals surface area contributed by atoms with Gasteiger partial charge < -0.3 is 10.2 Å². The van der Waals surface area contributed by atoms with E-state index in [1.165, 1.54) is 27.8 Å². The van der Waals surface area contributed by atoms with Crippen molar-refractivity contribution in [2.24, 2.45) is 0 Å². The van der Waals surface area contributed by atoms with Gasteiger partial charge in [0, 0.05) is 31.9 Å². The van der Waals surface area contributed by atoms with Crippen LogP contribution in [0, 0.1) is 20.8 Å². The first-order chi connectivity index (χ1) is 15.0. The first-order valence-corrected chi connectivity index (χ1v) is 11.0. The number of piperazine rings is 1. The van der Waals surface area contributed by atoms with Gasteiger partial charge in [-0.25, -0.2) is 4.79 Å². The molecule has 1 saturated heterocycles. The Balaban J connectivity index is 1.48. The zero-order valence-corrected chi connectivity index (χ0v) is 18.6. The first kappa shape index (κ1) is 21.1. The van der Waals surface area contributed by atoms with Gasteiger partial charge in [0.1, 0.15) is 0 Å². The normalized spacial score (nSPS) is 15.5. The zero-order valence-electron chi connectivity index (χ0n) is 18.6. The molecule has 0 radical (unpaired) electrons. The third-order valence-corrected chi connectivity index (χ3v) is 6.15. The maximum absolute atomic E-state index is 12.8. The molecule has 0 spiro atoms. The van der Waals surface area contributed by atoms with Crippen LogP contribution in [0.4, 0.5) is 10.5 Å². The molecule has 0 aromatic heterocycles. The van der Waals surface area contributed by atoms with Crippen molar-refractivity contribution in [2.75, 3.05) is 31.5 Å². The van der Waals surface area contributed by atoms with E-state index in [0.29, 0.717) is 13.1 Å². The predicted molar refractivity (Wildman–Crippen MR) is 128 cm³/mol. The molecule has 0 saturated carbocycles. The maximum atomic E-state index is 12.8. The summed E-state index contributed by atoms with van der Waals surface area (Å²) in [4.78, 5) is 17.2. The predicted octanol–water partition coefficient (Wildman–Crippen LogP) is 5.55. The maximum Gasteiger partial charge on any atom is 0.321 e. The smallest absolute Gasteiger partial charge is 0.321 e. The summed E-state index contributed by atoms with van der Waals surface area (Å²) in [6.45, 7) is 9.46. The molecule has 4 heteroatoms. The Morgan fingerprint density at radius 1 is 0.774 bits per heavy atom. The van der Waals surface area contributed by atoms with E-state index in [-0.39, 0.29) is 12.1 Å². The SMILES string of the molecule is Cc1ccc(NC(=O)N2CCN([C@@H](c3ccc(C)cc3)c3ccccc3C)CC2)cc1. The fourth-order valence-corrected chi connectivity index (χ4v) is 4.25. The van der Waals surface area contributed by atoms with Crippen LogP contribution in [0.25, 0.3) is 0 Å². The summed E-state index contributed by atoms with van der Waals surface area (Å²) in [5.41, 5.74) is 7.24. The lowest BCUT2D eigenvalue weighted by Gasteiger charge is -2.40. The molecule has 0 aliphatic carbocycles. The van der Waals surface area contributed by atoms with Gasteiger partial charge in [0.15, 0.2) is 0 Å². The van der Waals surface area contributed by atoms with Gasteiger partial charge in [-0.1, -0.05) is 71.8 Å². The van der Waals surface area contributed by atoms with E-state index in [9.17, 15) is 4.79 Å². The fourth-order valence-electron chi connectivity index (χ4n) is 4.25. The van der Waals surface area contributed by atoms with Gasteiger partial charge in [-0.2, -0.15) is 0 Å². The van der Waals surface area contributed by atoms with Crippen LogP contribution >= 0.6 is 0 Å². The Labute approximate surface area is 185 Å². The molecule has 1 fully saturated rings. The monoisotopic (exact) mass is 413 g/mol. The summed E-state index contributed by atoms with van der Waals surface area (Å²) < 4.78 is 0. The minimum atomic E-state index is -0.0220. The average Bonchev–Trinajstić information content (AvgIpc) is 2.78. The third kappa shape index (κ3) is 4.97. The van der Waals surface area contributed by atoms with Crippen molar-refractivity contribution in [3.05, 3.63) is 101 Å². The molecule has 0 bridgehead atoms. The number of carbonyl (C=O) groups excluding carboxylic acids is 1. The number of anilines is 1. The molecule has 1 heterocycles. The van der Waals surface area contributed by atoms with E-state index >= 15 is 0 Å². The number of benzene rings is 3. The minimum absolute atomic E-state index is 0.0220. The van der Waals surface area contributed by atoms with Crippen LogP contribution in [0.2, 0.25) is 0 Å². The van der Waals surface area contributed by atoms with Crippen LogP contribution in [-0.4, -0.2) is 42.0 Å². The van der Waals surface area contributed by atoms with E-state index in [1.807, 2.05) is 36.1 Å². The highest BCUT2D eigenvalue weighted by atomic mass is 16.2. The van der Waals surface area contributed by atoms with Crippen molar-refractivity contribution in [1.82, 2.24) is 9.80 Å². The summed E-state index contributed by atoms with van der Waals surface area (Å²) in [7, 11) is 0. The first-order valence-electron chi connectivity index (χ1n) is 11.0. The summed E-state index contributed by atoms with van der Waals surface area (Å²) in [6, 6.07) is 25.6. The van der Waals surface area contributed by atoms with E-state index in [1.54, 1.807) is 0 Å². The van der Waals surface area contributed by atoms with Gasteiger partial charge in [0.2, 0.25) is 0 Å². The molecule has 1 aliphatic heterocycles.